The van der Waals surface area contributed by atoms with Crippen LogP contribution in [-0.4, -0.2) is 50.0 Å². The van der Waals surface area contributed by atoms with Crippen molar-refractivity contribution in [1.82, 2.24) is 10.2 Å². The smallest absolute Gasteiger partial charge is 0.244 e. The van der Waals surface area contributed by atoms with Gasteiger partial charge in [0.1, 0.15) is 12.6 Å². The van der Waals surface area contributed by atoms with Crippen LogP contribution in [0.4, 0.5) is 5.69 Å². The number of carbonyl (C=O) groups excluding carboxylic acids is 2. The minimum Gasteiger partial charge on any atom is -0.352 e. The Labute approximate surface area is 203 Å². The minimum absolute atomic E-state index is 0.131. The van der Waals surface area contributed by atoms with Crippen molar-refractivity contribution in [2.75, 3.05) is 17.1 Å². The summed E-state index contributed by atoms with van der Waals surface area (Å²) in [5.41, 5.74) is 2.99. The fraction of sp³-hybridized carbons (Fsp3) is 0.462. The van der Waals surface area contributed by atoms with Crippen LogP contribution >= 0.6 is 0 Å². The second-order valence-electron chi connectivity index (χ2n) is 9.23. The third-order valence-electron chi connectivity index (χ3n) is 6.38. The van der Waals surface area contributed by atoms with Crippen LogP contribution in [0.25, 0.3) is 0 Å². The summed E-state index contributed by atoms with van der Waals surface area (Å²) in [5.74, 6) is -0.641. The second-order valence-corrected chi connectivity index (χ2v) is 11.1. The summed E-state index contributed by atoms with van der Waals surface area (Å²) in [7, 11) is -3.74. The first kappa shape index (κ1) is 25.7. The fourth-order valence-electron chi connectivity index (χ4n) is 4.34. The number of aryl methyl sites for hydroxylation is 2. The normalized spacial score (nSPS) is 15.1. The summed E-state index contributed by atoms with van der Waals surface area (Å²) in [6.07, 6.45) is 5.16. The highest BCUT2D eigenvalue weighted by Gasteiger charge is 2.31. The van der Waals surface area contributed by atoms with Gasteiger partial charge in [-0.2, -0.15) is 0 Å². The van der Waals surface area contributed by atoms with E-state index in [2.05, 4.69) is 5.32 Å². The Balaban J connectivity index is 1.89. The first-order valence-corrected chi connectivity index (χ1v) is 13.6. The Morgan fingerprint density at radius 2 is 1.71 bits per heavy atom. The molecule has 0 heterocycles. The molecule has 2 amide bonds. The van der Waals surface area contributed by atoms with E-state index in [9.17, 15) is 18.0 Å². The number of nitrogens with zero attached hydrogens (tertiary/aromatic N) is 2. The number of hydrogen-bond acceptors (Lipinski definition) is 4. The Kier molecular flexibility index (Phi) is 8.36. The molecule has 1 aliphatic rings. The highest BCUT2D eigenvalue weighted by molar-refractivity contribution is 7.92. The van der Waals surface area contributed by atoms with Crippen LogP contribution in [0.3, 0.4) is 0 Å². The number of carbonyl (C=O) groups is 2. The molecule has 0 saturated heterocycles. The SMILES string of the molecule is Cc1ccc(C)c(N(CC(=O)N(Cc2ccccc2)[C@@H](C)C(=O)NC2CCCC2)S(C)(=O)=O)c1. The summed E-state index contributed by atoms with van der Waals surface area (Å²) in [6, 6.07) is 14.3. The van der Waals surface area contributed by atoms with Crippen LogP contribution in [0.15, 0.2) is 48.5 Å². The molecule has 1 atom stereocenters. The average molecular weight is 486 g/mol. The van der Waals surface area contributed by atoms with Gasteiger partial charge in [0, 0.05) is 12.6 Å². The lowest BCUT2D eigenvalue weighted by molar-refractivity contribution is -0.139. The number of anilines is 1. The van der Waals surface area contributed by atoms with Gasteiger partial charge in [0.2, 0.25) is 21.8 Å². The molecule has 0 radical (unpaired) electrons. The van der Waals surface area contributed by atoms with Crippen molar-refractivity contribution in [3.05, 3.63) is 65.2 Å². The third-order valence-corrected chi connectivity index (χ3v) is 7.50. The molecule has 7 nitrogen and oxygen atoms in total. The predicted octanol–water partition coefficient (Wildman–Crippen LogP) is 3.55. The van der Waals surface area contributed by atoms with Crippen molar-refractivity contribution in [1.29, 1.82) is 0 Å². The lowest BCUT2D eigenvalue weighted by Crippen LogP contribution is -2.52. The molecule has 0 spiro atoms. The van der Waals surface area contributed by atoms with Crippen molar-refractivity contribution in [2.24, 2.45) is 0 Å². The quantitative estimate of drug-likeness (QED) is 0.589. The van der Waals surface area contributed by atoms with Crippen LogP contribution in [0.2, 0.25) is 0 Å². The Hall–Kier alpha value is -2.87. The van der Waals surface area contributed by atoms with Gasteiger partial charge in [-0.15, -0.1) is 0 Å². The van der Waals surface area contributed by atoms with Gasteiger partial charge in [0.25, 0.3) is 0 Å². The van der Waals surface area contributed by atoms with E-state index in [1.807, 2.05) is 56.3 Å². The van der Waals surface area contributed by atoms with E-state index in [1.165, 1.54) is 4.90 Å². The maximum Gasteiger partial charge on any atom is 0.244 e. The molecule has 8 heteroatoms. The van der Waals surface area contributed by atoms with Gasteiger partial charge in [0.15, 0.2) is 0 Å². The van der Waals surface area contributed by atoms with Crippen LogP contribution in [-0.2, 0) is 26.2 Å². The van der Waals surface area contributed by atoms with E-state index in [-0.39, 0.29) is 25.0 Å². The van der Waals surface area contributed by atoms with Crippen LogP contribution < -0.4 is 9.62 Å². The fourth-order valence-corrected chi connectivity index (χ4v) is 5.24. The van der Waals surface area contributed by atoms with E-state index in [4.69, 9.17) is 0 Å². The molecule has 2 aromatic carbocycles. The maximum absolute atomic E-state index is 13.6. The van der Waals surface area contributed by atoms with Gasteiger partial charge in [-0.3, -0.25) is 13.9 Å². The first-order valence-electron chi connectivity index (χ1n) is 11.7. The molecule has 1 N–H and O–H groups in total. The largest absolute Gasteiger partial charge is 0.352 e. The number of nitrogens with one attached hydrogen (secondary N) is 1. The standard InChI is InChI=1S/C26H35N3O4S/c1-19-14-15-20(2)24(16-19)29(34(4,32)33)18-25(30)28(17-22-10-6-5-7-11-22)21(3)26(31)27-23-12-8-9-13-23/h5-7,10-11,14-16,21,23H,8-9,12-13,17-18H2,1-4H3,(H,27,31)/t21-/m0/s1. The molecule has 3 rings (SSSR count). The minimum atomic E-state index is -3.74. The summed E-state index contributed by atoms with van der Waals surface area (Å²) in [5, 5.41) is 3.07. The van der Waals surface area contributed by atoms with Gasteiger partial charge in [-0.05, 0) is 56.4 Å². The van der Waals surface area contributed by atoms with Gasteiger partial charge < -0.3 is 10.2 Å². The highest BCUT2D eigenvalue weighted by atomic mass is 32.2. The number of hydrogen-bond donors (Lipinski definition) is 1. The molecule has 1 saturated carbocycles. The van der Waals surface area contributed by atoms with E-state index < -0.39 is 22.0 Å². The summed E-state index contributed by atoms with van der Waals surface area (Å²) in [4.78, 5) is 28.1. The van der Waals surface area contributed by atoms with Crippen molar-refractivity contribution in [3.63, 3.8) is 0 Å². The molecule has 0 unspecified atom stereocenters. The number of sulfonamides is 1. The Bertz CT molecular complexity index is 1110. The van der Waals surface area contributed by atoms with Gasteiger partial charge >= 0.3 is 0 Å². The topological polar surface area (TPSA) is 86.8 Å². The molecule has 0 aliphatic heterocycles. The number of benzene rings is 2. The van der Waals surface area contributed by atoms with Gasteiger partial charge in [-0.25, -0.2) is 8.42 Å². The molecule has 0 bridgehead atoms. The lowest BCUT2D eigenvalue weighted by atomic mass is 10.1. The summed E-state index contributed by atoms with van der Waals surface area (Å²) >= 11 is 0. The number of rotatable bonds is 9. The number of amides is 2. The van der Waals surface area contributed by atoms with E-state index >= 15 is 0 Å². The molecule has 1 aliphatic carbocycles. The monoisotopic (exact) mass is 485 g/mol. The van der Waals surface area contributed by atoms with Crippen LogP contribution in [0.5, 0.6) is 0 Å². The van der Waals surface area contributed by atoms with E-state index in [1.54, 1.807) is 13.0 Å². The summed E-state index contributed by atoms with van der Waals surface area (Å²) in [6.45, 7) is 5.23. The predicted molar refractivity (Wildman–Crippen MR) is 135 cm³/mol. The van der Waals surface area contributed by atoms with Crippen molar-refractivity contribution < 1.29 is 18.0 Å². The Morgan fingerprint density at radius 3 is 2.32 bits per heavy atom. The average Bonchev–Trinajstić information content (AvgIpc) is 3.30. The maximum atomic E-state index is 13.6. The van der Waals surface area contributed by atoms with Crippen LogP contribution in [0.1, 0.15) is 49.3 Å². The summed E-state index contributed by atoms with van der Waals surface area (Å²) < 4.78 is 26.6. The van der Waals surface area contributed by atoms with Crippen molar-refractivity contribution >= 4 is 27.5 Å². The molecule has 0 aromatic heterocycles. The zero-order chi connectivity index (χ0) is 24.9. The van der Waals surface area contributed by atoms with Crippen molar-refractivity contribution in [3.8, 4) is 0 Å². The zero-order valence-corrected chi connectivity index (χ0v) is 21.3. The van der Waals surface area contributed by atoms with Gasteiger partial charge in [0.05, 0.1) is 11.9 Å². The Morgan fingerprint density at radius 1 is 1.06 bits per heavy atom. The van der Waals surface area contributed by atoms with E-state index in [0.717, 1.165) is 52.9 Å². The third kappa shape index (κ3) is 6.59. The molecular weight excluding hydrogens is 450 g/mol. The molecule has 1 fully saturated rings. The van der Waals surface area contributed by atoms with E-state index in [0.29, 0.717) is 5.69 Å². The lowest BCUT2D eigenvalue weighted by Gasteiger charge is -2.32. The van der Waals surface area contributed by atoms with Crippen molar-refractivity contribution in [2.45, 2.75) is 65.1 Å². The first-order chi connectivity index (χ1) is 16.1. The molecule has 184 valence electrons. The molecular formula is C26H35N3O4S. The van der Waals surface area contributed by atoms with Crippen LogP contribution in [0, 0.1) is 13.8 Å². The highest BCUT2D eigenvalue weighted by Crippen LogP contribution is 2.25. The molecule has 2 aromatic rings. The second kappa shape index (κ2) is 11.0. The molecule has 34 heavy (non-hydrogen) atoms. The zero-order valence-electron chi connectivity index (χ0n) is 20.5. The van der Waals surface area contributed by atoms with Gasteiger partial charge in [-0.1, -0.05) is 55.3 Å².